The van der Waals surface area contributed by atoms with E-state index in [0.29, 0.717) is 0 Å². The number of aryl methyl sites for hydroxylation is 1. The van der Waals surface area contributed by atoms with E-state index in [9.17, 15) is 4.79 Å². The van der Waals surface area contributed by atoms with Crippen LogP contribution in [0.3, 0.4) is 0 Å². The molecule has 1 atom stereocenters. The van der Waals surface area contributed by atoms with Crippen LogP contribution in [0.15, 0.2) is 24.3 Å². The lowest BCUT2D eigenvalue weighted by Crippen LogP contribution is -2.08. The molecule has 0 radical (unpaired) electrons. The highest BCUT2D eigenvalue weighted by molar-refractivity contribution is 5.66. The maximum Gasteiger partial charge on any atom is 0.303 e. The molecule has 0 amide bonds. The molecule has 0 N–H and O–H groups in total. The number of unbranched alkanes of at least 4 members (excludes halogenated alkanes) is 3. The Morgan fingerprint density at radius 2 is 1.83 bits per heavy atom. The van der Waals surface area contributed by atoms with Crippen molar-refractivity contribution in [3.8, 4) is 0 Å². The zero-order valence-electron chi connectivity index (χ0n) is 11.7. The molecule has 1 aromatic rings. The molecule has 1 unspecified atom stereocenters. The lowest BCUT2D eigenvalue weighted by Gasteiger charge is -2.17. The largest absolute Gasteiger partial charge is 0.458 e. The SMILES string of the molecule is CCCCCCC(OC(C)=O)c1ccc(C)cc1. The Balaban J connectivity index is 2.59. The minimum atomic E-state index is -0.198. The first-order valence-electron chi connectivity index (χ1n) is 6.87. The summed E-state index contributed by atoms with van der Waals surface area (Å²) in [6, 6.07) is 8.25. The summed E-state index contributed by atoms with van der Waals surface area (Å²) in [6.45, 7) is 5.74. The Kier molecular flexibility index (Phi) is 6.48. The van der Waals surface area contributed by atoms with E-state index in [-0.39, 0.29) is 12.1 Å². The molecule has 0 aliphatic heterocycles. The average Bonchev–Trinajstić information content (AvgIpc) is 2.34. The minimum absolute atomic E-state index is 0.0834. The molecule has 100 valence electrons. The predicted octanol–water partition coefficient (Wildman–Crippen LogP) is 4.57. The fourth-order valence-corrected chi connectivity index (χ4v) is 2.03. The second kappa shape index (κ2) is 7.91. The number of carbonyl (C=O) groups excluding carboxylic acids is 1. The number of hydrogen-bond donors (Lipinski definition) is 0. The first-order chi connectivity index (χ1) is 8.63. The summed E-state index contributed by atoms with van der Waals surface area (Å²) in [6.07, 6.45) is 5.63. The number of benzene rings is 1. The van der Waals surface area contributed by atoms with Gasteiger partial charge < -0.3 is 4.74 Å². The summed E-state index contributed by atoms with van der Waals surface area (Å²) in [5.74, 6) is -0.198. The van der Waals surface area contributed by atoms with E-state index in [1.807, 2.05) is 0 Å². The van der Waals surface area contributed by atoms with Crippen molar-refractivity contribution in [2.45, 2.75) is 59.0 Å². The number of esters is 1. The Morgan fingerprint density at radius 3 is 2.39 bits per heavy atom. The summed E-state index contributed by atoms with van der Waals surface area (Å²) < 4.78 is 5.42. The van der Waals surface area contributed by atoms with Crippen LogP contribution in [-0.4, -0.2) is 5.97 Å². The van der Waals surface area contributed by atoms with Gasteiger partial charge in [-0.1, -0.05) is 56.0 Å². The monoisotopic (exact) mass is 248 g/mol. The summed E-state index contributed by atoms with van der Waals surface area (Å²) >= 11 is 0. The van der Waals surface area contributed by atoms with E-state index in [0.717, 1.165) is 18.4 Å². The fourth-order valence-electron chi connectivity index (χ4n) is 2.03. The number of hydrogen-bond acceptors (Lipinski definition) is 2. The molecule has 1 rings (SSSR count). The Labute approximate surface area is 110 Å². The van der Waals surface area contributed by atoms with Gasteiger partial charge in [0, 0.05) is 6.92 Å². The topological polar surface area (TPSA) is 26.3 Å². The van der Waals surface area contributed by atoms with Crippen molar-refractivity contribution in [3.05, 3.63) is 35.4 Å². The predicted molar refractivity (Wildman–Crippen MR) is 74.4 cm³/mol. The van der Waals surface area contributed by atoms with Crippen molar-refractivity contribution in [1.29, 1.82) is 0 Å². The van der Waals surface area contributed by atoms with Crippen LogP contribution in [0.1, 0.15) is 63.2 Å². The Bertz CT molecular complexity index is 354. The smallest absolute Gasteiger partial charge is 0.303 e. The van der Waals surface area contributed by atoms with Crippen LogP contribution >= 0.6 is 0 Å². The van der Waals surface area contributed by atoms with Crippen LogP contribution < -0.4 is 0 Å². The summed E-state index contributed by atoms with van der Waals surface area (Å²) in [4.78, 5) is 11.2. The van der Waals surface area contributed by atoms with Crippen LogP contribution in [0.2, 0.25) is 0 Å². The summed E-state index contributed by atoms with van der Waals surface area (Å²) in [5.41, 5.74) is 2.33. The number of carbonyl (C=O) groups is 1. The maximum atomic E-state index is 11.2. The summed E-state index contributed by atoms with van der Waals surface area (Å²) in [5, 5.41) is 0. The molecule has 0 aliphatic carbocycles. The molecule has 2 heteroatoms. The third-order valence-corrected chi connectivity index (χ3v) is 3.08. The lowest BCUT2D eigenvalue weighted by atomic mass is 10.0. The van der Waals surface area contributed by atoms with Gasteiger partial charge in [0.15, 0.2) is 0 Å². The molecule has 0 bridgehead atoms. The van der Waals surface area contributed by atoms with Crippen molar-refractivity contribution in [2.24, 2.45) is 0 Å². The molecule has 0 saturated carbocycles. The molecule has 2 nitrogen and oxygen atoms in total. The maximum absolute atomic E-state index is 11.2. The van der Waals surface area contributed by atoms with Gasteiger partial charge in [-0.05, 0) is 25.3 Å². The first-order valence-corrected chi connectivity index (χ1v) is 6.87. The zero-order valence-corrected chi connectivity index (χ0v) is 11.7. The van der Waals surface area contributed by atoms with Gasteiger partial charge in [-0.2, -0.15) is 0 Å². The highest BCUT2D eigenvalue weighted by Crippen LogP contribution is 2.24. The average molecular weight is 248 g/mol. The first kappa shape index (κ1) is 14.7. The number of rotatable bonds is 7. The second-order valence-electron chi connectivity index (χ2n) is 4.86. The van der Waals surface area contributed by atoms with Crippen molar-refractivity contribution in [2.75, 3.05) is 0 Å². The van der Waals surface area contributed by atoms with E-state index < -0.39 is 0 Å². The lowest BCUT2D eigenvalue weighted by molar-refractivity contribution is -0.147. The van der Waals surface area contributed by atoms with Crippen molar-refractivity contribution in [1.82, 2.24) is 0 Å². The third kappa shape index (κ3) is 5.35. The van der Waals surface area contributed by atoms with Crippen LogP contribution in [0, 0.1) is 6.92 Å². The molecule has 0 heterocycles. The van der Waals surface area contributed by atoms with E-state index in [2.05, 4.69) is 38.1 Å². The normalized spacial score (nSPS) is 12.2. The van der Waals surface area contributed by atoms with Gasteiger partial charge in [-0.25, -0.2) is 0 Å². The summed E-state index contributed by atoms with van der Waals surface area (Å²) in [7, 11) is 0. The quantitative estimate of drug-likeness (QED) is 0.522. The highest BCUT2D eigenvalue weighted by atomic mass is 16.5. The molecule has 0 fully saturated rings. The molecular formula is C16H24O2. The van der Waals surface area contributed by atoms with Crippen LogP contribution in [0.5, 0.6) is 0 Å². The van der Waals surface area contributed by atoms with Crippen molar-refractivity contribution < 1.29 is 9.53 Å². The van der Waals surface area contributed by atoms with Gasteiger partial charge in [0.25, 0.3) is 0 Å². The van der Waals surface area contributed by atoms with E-state index in [1.54, 1.807) is 0 Å². The number of ether oxygens (including phenoxy) is 1. The van der Waals surface area contributed by atoms with E-state index in [1.165, 1.54) is 31.7 Å². The molecular weight excluding hydrogens is 224 g/mol. The zero-order chi connectivity index (χ0) is 13.4. The van der Waals surface area contributed by atoms with Crippen LogP contribution in [0.4, 0.5) is 0 Å². The highest BCUT2D eigenvalue weighted by Gasteiger charge is 2.14. The Hall–Kier alpha value is -1.31. The standard InChI is InChI=1S/C16H24O2/c1-4-5-6-7-8-16(18-14(3)17)15-11-9-13(2)10-12-15/h9-12,16H,4-8H2,1-3H3. The van der Waals surface area contributed by atoms with Gasteiger partial charge in [0.2, 0.25) is 0 Å². The van der Waals surface area contributed by atoms with Gasteiger partial charge in [0.05, 0.1) is 0 Å². The molecule has 0 aliphatic rings. The van der Waals surface area contributed by atoms with E-state index in [4.69, 9.17) is 4.74 Å². The molecule has 18 heavy (non-hydrogen) atoms. The molecule has 0 aromatic heterocycles. The molecule has 1 aromatic carbocycles. The minimum Gasteiger partial charge on any atom is -0.458 e. The van der Waals surface area contributed by atoms with E-state index >= 15 is 0 Å². The second-order valence-corrected chi connectivity index (χ2v) is 4.86. The van der Waals surface area contributed by atoms with Crippen LogP contribution in [-0.2, 0) is 9.53 Å². The molecule has 0 saturated heterocycles. The van der Waals surface area contributed by atoms with Gasteiger partial charge in [-0.3, -0.25) is 4.79 Å². The van der Waals surface area contributed by atoms with Gasteiger partial charge >= 0.3 is 5.97 Å². The van der Waals surface area contributed by atoms with Crippen molar-refractivity contribution in [3.63, 3.8) is 0 Å². The van der Waals surface area contributed by atoms with Crippen LogP contribution in [0.25, 0.3) is 0 Å². The van der Waals surface area contributed by atoms with Gasteiger partial charge in [0.1, 0.15) is 6.10 Å². The van der Waals surface area contributed by atoms with Crippen molar-refractivity contribution >= 4 is 5.97 Å². The molecule has 0 spiro atoms. The fraction of sp³-hybridized carbons (Fsp3) is 0.562. The Morgan fingerprint density at radius 1 is 1.17 bits per heavy atom. The van der Waals surface area contributed by atoms with Gasteiger partial charge in [-0.15, -0.1) is 0 Å². The third-order valence-electron chi connectivity index (χ3n) is 3.08.